The van der Waals surface area contributed by atoms with Crippen molar-refractivity contribution in [1.82, 2.24) is 0 Å². The zero-order valence-electron chi connectivity index (χ0n) is 8.77. The Morgan fingerprint density at radius 1 is 1.20 bits per heavy atom. The first-order valence-electron chi connectivity index (χ1n) is 4.46. The van der Waals surface area contributed by atoms with E-state index in [1.807, 2.05) is 0 Å². The van der Waals surface area contributed by atoms with Crippen LogP contribution in [-0.4, -0.2) is 11.1 Å². The molecule has 2 nitrogen and oxygen atoms in total. The molecule has 0 saturated heterocycles. The van der Waals surface area contributed by atoms with E-state index in [0.29, 0.717) is 0 Å². The van der Waals surface area contributed by atoms with Gasteiger partial charge >= 0.3 is 5.97 Å². The Hall–Kier alpha value is -1.45. The minimum Gasteiger partial charge on any atom is -0.478 e. The van der Waals surface area contributed by atoms with Crippen molar-refractivity contribution < 1.29 is 18.7 Å². The van der Waals surface area contributed by atoms with Crippen LogP contribution in [0.15, 0.2) is 12.1 Å². The third-order valence-electron chi connectivity index (χ3n) is 2.10. The summed E-state index contributed by atoms with van der Waals surface area (Å²) < 4.78 is 26.7. The molecular weight excluding hydrogens is 202 g/mol. The van der Waals surface area contributed by atoms with Gasteiger partial charge in [0, 0.05) is 0 Å². The lowest BCUT2D eigenvalue weighted by atomic mass is 9.86. The first kappa shape index (κ1) is 11.6. The largest absolute Gasteiger partial charge is 0.478 e. The van der Waals surface area contributed by atoms with E-state index in [9.17, 15) is 13.6 Å². The Bertz CT molecular complexity index is 406. The molecule has 1 N–H and O–H groups in total. The third-order valence-corrected chi connectivity index (χ3v) is 2.10. The molecule has 1 aromatic rings. The standard InChI is InChI=1S/C11H12F2O2/c1-11(2,3)7-5-8(12)6(10(14)15)4-9(7)13/h4-5H,1-3H3,(H,14,15). The summed E-state index contributed by atoms with van der Waals surface area (Å²) >= 11 is 0. The summed E-state index contributed by atoms with van der Waals surface area (Å²) in [5.41, 5.74) is -1.02. The molecule has 0 saturated carbocycles. The van der Waals surface area contributed by atoms with Gasteiger partial charge in [0.25, 0.3) is 0 Å². The minimum atomic E-state index is -1.47. The van der Waals surface area contributed by atoms with E-state index >= 15 is 0 Å². The molecule has 1 aromatic carbocycles. The van der Waals surface area contributed by atoms with Crippen molar-refractivity contribution >= 4 is 5.97 Å². The SMILES string of the molecule is CC(C)(C)c1cc(F)c(C(=O)O)cc1F. The van der Waals surface area contributed by atoms with Gasteiger partial charge in [-0.05, 0) is 23.1 Å². The number of hydrogen-bond acceptors (Lipinski definition) is 1. The van der Waals surface area contributed by atoms with E-state index in [-0.39, 0.29) is 5.56 Å². The Morgan fingerprint density at radius 3 is 2.13 bits per heavy atom. The molecule has 0 heterocycles. The maximum Gasteiger partial charge on any atom is 0.338 e. The zero-order chi connectivity index (χ0) is 11.8. The summed E-state index contributed by atoms with van der Waals surface area (Å²) in [5, 5.41) is 8.58. The van der Waals surface area contributed by atoms with Crippen LogP contribution in [0, 0.1) is 11.6 Å². The Morgan fingerprint density at radius 2 is 1.73 bits per heavy atom. The molecule has 0 aromatic heterocycles. The maximum absolute atomic E-state index is 13.5. The van der Waals surface area contributed by atoms with Crippen molar-refractivity contribution in [2.45, 2.75) is 26.2 Å². The highest BCUT2D eigenvalue weighted by Gasteiger charge is 2.22. The monoisotopic (exact) mass is 214 g/mol. The molecular formula is C11H12F2O2. The van der Waals surface area contributed by atoms with Gasteiger partial charge in [0.15, 0.2) is 0 Å². The highest BCUT2D eigenvalue weighted by Crippen LogP contribution is 2.27. The molecule has 0 amide bonds. The van der Waals surface area contributed by atoms with Gasteiger partial charge in [-0.25, -0.2) is 13.6 Å². The van der Waals surface area contributed by atoms with E-state index in [0.717, 1.165) is 12.1 Å². The van der Waals surface area contributed by atoms with Crippen molar-refractivity contribution in [2.75, 3.05) is 0 Å². The number of halogens is 2. The summed E-state index contributed by atoms with van der Waals surface area (Å²) in [6.45, 7) is 5.18. The molecule has 82 valence electrons. The fraction of sp³-hybridized carbons (Fsp3) is 0.364. The molecule has 15 heavy (non-hydrogen) atoms. The average molecular weight is 214 g/mol. The van der Waals surface area contributed by atoms with E-state index in [4.69, 9.17) is 5.11 Å². The van der Waals surface area contributed by atoms with Crippen molar-refractivity contribution in [1.29, 1.82) is 0 Å². The minimum absolute atomic E-state index is 0.171. The van der Waals surface area contributed by atoms with E-state index < -0.39 is 28.6 Å². The van der Waals surface area contributed by atoms with Crippen LogP contribution in [0.4, 0.5) is 8.78 Å². The van der Waals surface area contributed by atoms with Gasteiger partial charge in [0.1, 0.15) is 11.6 Å². The van der Waals surface area contributed by atoms with Gasteiger partial charge < -0.3 is 5.11 Å². The summed E-state index contributed by atoms with van der Waals surface area (Å²) in [6.07, 6.45) is 0. The van der Waals surface area contributed by atoms with Gasteiger partial charge in [-0.1, -0.05) is 20.8 Å². The highest BCUT2D eigenvalue weighted by molar-refractivity contribution is 5.88. The number of carboxylic acids is 1. The molecule has 0 aliphatic carbocycles. The van der Waals surface area contributed by atoms with Crippen LogP contribution in [0.2, 0.25) is 0 Å². The molecule has 0 unspecified atom stereocenters. The van der Waals surface area contributed by atoms with Crippen LogP contribution < -0.4 is 0 Å². The normalized spacial score (nSPS) is 11.5. The molecule has 0 radical (unpaired) electrons. The topological polar surface area (TPSA) is 37.3 Å². The first-order chi connectivity index (χ1) is 6.73. The second-order valence-electron chi connectivity index (χ2n) is 4.37. The predicted molar refractivity (Wildman–Crippen MR) is 52.0 cm³/mol. The molecule has 0 spiro atoms. The fourth-order valence-corrected chi connectivity index (χ4v) is 1.29. The maximum atomic E-state index is 13.5. The molecule has 4 heteroatoms. The Balaban J connectivity index is 3.39. The van der Waals surface area contributed by atoms with Gasteiger partial charge in [-0.15, -0.1) is 0 Å². The van der Waals surface area contributed by atoms with E-state index in [1.165, 1.54) is 0 Å². The van der Waals surface area contributed by atoms with Crippen LogP contribution >= 0.6 is 0 Å². The molecule has 0 aliphatic rings. The van der Waals surface area contributed by atoms with Gasteiger partial charge in [0.2, 0.25) is 0 Å². The predicted octanol–water partition coefficient (Wildman–Crippen LogP) is 2.96. The Kier molecular flexibility index (Phi) is 2.79. The van der Waals surface area contributed by atoms with Crippen molar-refractivity contribution in [3.8, 4) is 0 Å². The van der Waals surface area contributed by atoms with Crippen LogP contribution in [0.5, 0.6) is 0 Å². The number of aromatic carboxylic acids is 1. The second-order valence-corrected chi connectivity index (χ2v) is 4.37. The average Bonchev–Trinajstić information content (AvgIpc) is 2.06. The van der Waals surface area contributed by atoms with Crippen LogP contribution in [0.1, 0.15) is 36.7 Å². The van der Waals surface area contributed by atoms with Crippen LogP contribution in [0.25, 0.3) is 0 Å². The number of benzene rings is 1. The van der Waals surface area contributed by atoms with E-state index in [2.05, 4.69) is 0 Å². The summed E-state index contributed by atoms with van der Waals surface area (Å²) in [6, 6.07) is 1.66. The lowest BCUT2D eigenvalue weighted by Crippen LogP contribution is -2.15. The van der Waals surface area contributed by atoms with Gasteiger partial charge in [0.05, 0.1) is 5.56 Å². The number of carboxylic acid groups (broad SMARTS) is 1. The quantitative estimate of drug-likeness (QED) is 0.780. The highest BCUT2D eigenvalue weighted by atomic mass is 19.1. The zero-order valence-corrected chi connectivity index (χ0v) is 8.77. The second kappa shape index (κ2) is 3.61. The van der Waals surface area contributed by atoms with Gasteiger partial charge in [-0.2, -0.15) is 0 Å². The smallest absolute Gasteiger partial charge is 0.338 e. The molecule has 1 rings (SSSR count). The number of rotatable bonds is 1. The van der Waals surface area contributed by atoms with Crippen LogP contribution in [-0.2, 0) is 5.41 Å². The van der Waals surface area contributed by atoms with Crippen LogP contribution in [0.3, 0.4) is 0 Å². The lowest BCUT2D eigenvalue weighted by Gasteiger charge is -2.20. The van der Waals surface area contributed by atoms with Crippen molar-refractivity contribution in [3.05, 3.63) is 34.9 Å². The molecule has 0 fully saturated rings. The fourth-order valence-electron chi connectivity index (χ4n) is 1.29. The van der Waals surface area contributed by atoms with E-state index in [1.54, 1.807) is 20.8 Å². The molecule has 0 bridgehead atoms. The first-order valence-corrected chi connectivity index (χ1v) is 4.46. The lowest BCUT2D eigenvalue weighted by molar-refractivity contribution is 0.0691. The van der Waals surface area contributed by atoms with Crippen molar-refractivity contribution in [2.24, 2.45) is 0 Å². The number of hydrogen-bond donors (Lipinski definition) is 1. The Labute approximate surface area is 86.5 Å². The summed E-state index contributed by atoms with van der Waals surface area (Å²) in [4.78, 5) is 10.5. The molecule has 0 aliphatic heterocycles. The third kappa shape index (κ3) is 2.32. The van der Waals surface area contributed by atoms with Crippen molar-refractivity contribution in [3.63, 3.8) is 0 Å². The molecule has 0 atom stereocenters. The number of carbonyl (C=O) groups is 1. The van der Waals surface area contributed by atoms with Gasteiger partial charge in [-0.3, -0.25) is 0 Å². The summed E-state index contributed by atoms with van der Waals surface area (Å²) in [7, 11) is 0. The summed E-state index contributed by atoms with van der Waals surface area (Å²) in [5.74, 6) is -3.07.